The Kier molecular flexibility index (Phi) is 4.76. The van der Waals surface area contributed by atoms with Crippen molar-refractivity contribution in [1.29, 1.82) is 0 Å². The maximum absolute atomic E-state index is 13.1. The number of nitrogens with zero attached hydrogens (tertiary/aromatic N) is 2. The third-order valence-corrected chi connectivity index (χ3v) is 4.14. The fraction of sp³-hybridized carbons (Fsp3) is 0.111. The molecule has 0 spiro atoms. The van der Waals surface area contributed by atoms with Gasteiger partial charge in [0.15, 0.2) is 0 Å². The highest BCUT2D eigenvalue weighted by Crippen LogP contribution is 2.26. The van der Waals surface area contributed by atoms with E-state index in [0.717, 1.165) is 27.0 Å². The second-order valence-electron chi connectivity index (χ2n) is 5.32. The summed E-state index contributed by atoms with van der Waals surface area (Å²) >= 11 is 3.40. The molecule has 0 aliphatic carbocycles. The standard InChI is InChI=1S/C18H14BrFN2O2/c19-14-4-1-12(2-5-14)18-13(3-10-17(23)24)11-22(21-18)16-8-6-15(20)7-9-16/h1-2,4-9,11H,3,10H2,(H,23,24). The van der Waals surface area contributed by atoms with E-state index in [4.69, 9.17) is 5.11 Å². The Morgan fingerprint density at radius 2 is 1.79 bits per heavy atom. The van der Waals surface area contributed by atoms with Gasteiger partial charge in [0.2, 0.25) is 0 Å². The van der Waals surface area contributed by atoms with Crippen molar-refractivity contribution in [1.82, 2.24) is 9.78 Å². The molecule has 1 N–H and O–H groups in total. The van der Waals surface area contributed by atoms with Gasteiger partial charge in [0, 0.05) is 22.7 Å². The minimum Gasteiger partial charge on any atom is -0.481 e. The monoisotopic (exact) mass is 388 g/mol. The van der Waals surface area contributed by atoms with Crippen LogP contribution in [0.25, 0.3) is 16.9 Å². The Bertz CT molecular complexity index is 858. The van der Waals surface area contributed by atoms with Crippen LogP contribution < -0.4 is 0 Å². The average Bonchev–Trinajstić information content (AvgIpc) is 2.98. The number of aliphatic carboxylic acids is 1. The lowest BCUT2D eigenvalue weighted by molar-refractivity contribution is -0.136. The molecule has 122 valence electrons. The Balaban J connectivity index is 2.02. The number of carboxylic acids is 1. The molecule has 0 bridgehead atoms. The van der Waals surface area contributed by atoms with Crippen LogP contribution in [0, 0.1) is 5.82 Å². The predicted molar refractivity (Wildman–Crippen MR) is 92.6 cm³/mol. The molecule has 2 aromatic carbocycles. The van der Waals surface area contributed by atoms with E-state index < -0.39 is 5.97 Å². The van der Waals surface area contributed by atoms with Crippen molar-refractivity contribution in [2.45, 2.75) is 12.8 Å². The van der Waals surface area contributed by atoms with E-state index in [1.165, 1.54) is 12.1 Å². The first-order chi connectivity index (χ1) is 11.5. The topological polar surface area (TPSA) is 55.1 Å². The van der Waals surface area contributed by atoms with Crippen molar-refractivity contribution >= 4 is 21.9 Å². The molecule has 0 radical (unpaired) electrons. The normalized spacial score (nSPS) is 10.8. The highest BCUT2D eigenvalue weighted by Gasteiger charge is 2.13. The highest BCUT2D eigenvalue weighted by atomic mass is 79.9. The number of carbonyl (C=O) groups is 1. The van der Waals surface area contributed by atoms with E-state index in [1.807, 2.05) is 24.3 Å². The Morgan fingerprint density at radius 1 is 1.12 bits per heavy atom. The zero-order valence-corrected chi connectivity index (χ0v) is 14.2. The number of halogens is 2. The predicted octanol–water partition coefficient (Wildman–Crippen LogP) is 4.46. The Labute approximate surface area is 146 Å². The van der Waals surface area contributed by atoms with E-state index in [2.05, 4.69) is 21.0 Å². The first-order valence-electron chi connectivity index (χ1n) is 7.35. The summed E-state index contributed by atoms with van der Waals surface area (Å²) in [4.78, 5) is 10.9. The van der Waals surface area contributed by atoms with Crippen molar-refractivity contribution in [3.8, 4) is 16.9 Å². The van der Waals surface area contributed by atoms with Crippen molar-refractivity contribution in [3.63, 3.8) is 0 Å². The molecule has 4 nitrogen and oxygen atoms in total. The lowest BCUT2D eigenvalue weighted by Crippen LogP contribution is -1.97. The molecule has 1 heterocycles. The van der Waals surface area contributed by atoms with Gasteiger partial charge in [0.05, 0.1) is 11.4 Å². The van der Waals surface area contributed by atoms with E-state index >= 15 is 0 Å². The number of benzene rings is 2. The van der Waals surface area contributed by atoms with Gasteiger partial charge in [0.1, 0.15) is 5.82 Å². The van der Waals surface area contributed by atoms with Gasteiger partial charge in [-0.25, -0.2) is 9.07 Å². The smallest absolute Gasteiger partial charge is 0.303 e. The molecule has 0 aliphatic heterocycles. The molecule has 0 saturated carbocycles. The fourth-order valence-electron chi connectivity index (χ4n) is 2.41. The van der Waals surface area contributed by atoms with E-state index in [1.54, 1.807) is 23.0 Å². The van der Waals surface area contributed by atoms with Gasteiger partial charge in [0.25, 0.3) is 0 Å². The Morgan fingerprint density at radius 3 is 2.42 bits per heavy atom. The molecule has 0 aliphatic rings. The summed E-state index contributed by atoms with van der Waals surface area (Å²) in [5, 5.41) is 13.5. The summed E-state index contributed by atoms with van der Waals surface area (Å²) in [5.74, 6) is -1.17. The van der Waals surface area contributed by atoms with E-state index in [9.17, 15) is 9.18 Å². The second-order valence-corrected chi connectivity index (χ2v) is 6.24. The quantitative estimate of drug-likeness (QED) is 0.701. The van der Waals surface area contributed by atoms with Crippen LogP contribution in [0.5, 0.6) is 0 Å². The molecule has 24 heavy (non-hydrogen) atoms. The Hall–Kier alpha value is -2.47. The minimum atomic E-state index is -0.855. The maximum Gasteiger partial charge on any atom is 0.303 e. The second kappa shape index (κ2) is 6.97. The molecule has 1 aromatic heterocycles. The van der Waals surface area contributed by atoms with Crippen LogP contribution >= 0.6 is 15.9 Å². The van der Waals surface area contributed by atoms with Crippen LogP contribution in [-0.2, 0) is 11.2 Å². The molecular formula is C18H14BrFN2O2. The first kappa shape index (κ1) is 16.4. The third-order valence-electron chi connectivity index (χ3n) is 3.61. The lowest BCUT2D eigenvalue weighted by Gasteiger charge is -2.02. The molecule has 0 amide bonds. The van der Waals surface area contributed by atoms with Gasteiger partial charge >= 0.3 is 5.97 Å². The van der Waals surface area contributed by atoms with Crippen LogP contribution in [0.1, 0.15) is 12.0 Å². The minimum absolute atomic E-state index is 0.0264. The summed E-state index contributed by atoms with van der Waals surface area (Å²) in [6.45, 7) is 0. The summed E-state index contributed by atoms with van der Waals surface area (Å²) in [5.41, 5.74) is 3.19. The molecule has 0 atom stereocenters. The number of hydrogen-bond donors (Lipinski definition) is 1. The van der Waals surface area contributed by atoms with Crippen LogP contribution in [0.2, 0.25) is 0 Å². The molecular weight excluding hydrogens is 375 g/mol. The molecule has 3 aromatic rings. The highest BCUT2D eigenvalue weighted by molar-refractivity contribution is 9.10. The van der Waals surface area contributed by atoms with Gasteiger partial charge in [-0.1, -0.05) is 28.1 Å². The van der Waals surface area contributed by atoms with Gasteiger partial charge < -0.3 is 5.11 Å². The molecule has 3 rings (SSSR count). The number of aryl methyl sites for hydroxylation is 1. The van der Waals surface area contributed by atoms with Crippen LogP contribution in [0.4, 0.5) is 4.39 Å². The largest absolute Gasteiger partial charge is 0.481 e. The molecule has 0 saturated heterocycles. The lowest BCUT2D eigenvalue weighted by atomic mass is 10.0. The average molecular weight is 389 g/mol. The third kappa shape index (κ3) is 3.71. The summed E-state index contributed by atoms with van der Waals surface area (Å²) in [6, 6.07) is 13.7. The molecule has 0 fully saturated rings. The number of aromatic nitrogens is 2. The molecule has 6 heteroatoms. The van der Waals surface area contributed by atoms with Gasteiger partial charge in [-0.3, -0.25) is 4.79 Å². The van der Waals surface area contributed by atoms with Crippen molar-refractivity contribution < 1.29 is 14.3 Å². The van der Waals surface area contributed by atoms with Crippen LogP contribution in [-0.4, -0.2) is 20.9 Å². The summed E-state index contributed by atoms with van der Waals surface area (Å²) in [7, 11) is 0. The van der Waals surface area contributed by atoms with Crippen molar-refractivity contribution in [3.05, 3.63) is 70.6 Å². The molecule has 0 unspecified atom stereocenters. The van der Waals surface area contributed by atoms with E-state index in [0.29, 0.717) is 6.42 Å². The zero-order valence-electron chi connectivity index (χ0n) is 12.6. The maximum atomic E-state index is 13.1. The van der Waals surface area contributed by atoms with Crippen LogP contribution in [0.3, 0.4) is 0 Å². The summed E-state index contributed by atoms with van der Waals surface area (Å²) < 4.78 is 15.7. The number of rotatable bonds is 5. The number of hydrogen-bond acceptors (Lipinski definition) is 2. The van der Waals surface area contributed by atoms with Crippen molar-refractivity contribution in [2.24, 2.45) is 0 Å². The van der Waals surface area contributed by atoms with Gasteiger partial charge in [-0.15, -0.1) is 0 Å². The fourth-order valence-corrected chi connectivity index (χ4v) is 2.68. The van der Waals surface area contributed by atoms with Crippen LogP contribution in [0.15, 0.2) is 59.2 Å². The first-order valence-corrected chi connectivity index (χ1v) is 8.14. The van der Waals surface area contributed by atoms with Crippen molar-refractivity contribution in [2.75, 3.05) is 0 Å². The van der Waals surface area contributed by atoms with Gasteiger partial charge in [-0.2, -0.15) is 5.10 Å². The number of carboxylic acid groups (broad SMARTS) is 1. The summed E-state index contributed by atoms with van der Waals surface area (Å²) in [6.07, 6.45) is 2.20. The van der Waals surface area contributed by atoms with Gasteiger partial charge in [-0.05, 0) is 48.4 Å². The zero-order chi connectivity index (χ0) is 17.1. The SMILES string of the molecule is O=C(O)CCc1cn(-c2ccc(F)cc2)nc1-c1ccc(Br)cc1. The van der Waals surface area contributed by atoms with E-state index in [-0.39, 0.29) is 12.2 Å².